The van der Waals surface area contributed by atoms with Crippen molar-refractivity contribution < 1.29 is 14.0 Å². The minimum absolute atomic E-state index is 0.137. The van der Waals surface area contributed by atoms with E-state index in [2.05, 4.69) is 26.2 Å². The Hall–Kier alpha value is -3.85. The number of rotatable bonds is 8. The maximum Gasteiger partial charge on any atom is 0.254 e. The molecule has 9 heteroatoms. The third kappa shape index (κ3) is 6.14. The molecule has 1 unspecified atom stereocenters. The molecule has 1 saturated heterocycles. The molecule has 0 aliphatic carbocycles. The Balaban J connectivity index is 1.22. The van der Waals surface area contributed by atoms with Gasteiger partial charge >= 0.3 is 0 Å². The van der Waals surface area contributed by atoms with Gasteiger partial charge in [-0.3, -0.25) is 9.59 Å². The van der Waals surface area contributed by atoms with Gasteiger partial charge in [0.25, 0.3) is 11.8 Å². The monoisotopic (exact) mass is 603 g/mol. The molecule has 0 spiro atoms. The zero-order valence-electron chi connectivity index (χ0n) is 22.5. The van der Waals surface area contributed by atoms with Crippen LogP contribution in [0.1, 0.15) is 56.9 Å². The van der Waals surface area contributed by atoms with Gasteiger partial charge in [-0.2, -0.15) is 0 Å². The van der Waals surface area contributed by atoms with Crippen LogP contribution in [0.5, 0.6) is 0 Å². The van der Waals surface area contributed by atoms with E-state index >= 15 is 0 Å². The first-order valence-corrected chi connectivity index (χ1v) is 14.1. The number of benzene rings is 3. The van der Waals surface area contributed by atoms with Crippen LogP contribution >= 0.6 is 15.9 Å². The summed E-state index contributed by atoms with van der Waals surface area (Å²) in [7, 11) is 1.75. The van der Waals surface area contributed by atoms with E-state index in [0.717, 1.165) is 17.7 Å². The minimum Gasteiger partial charge on any atom is -0.338 e. The summed E-state index contributed by atoms with van der Waals surface area (Å²) in [5, 5.41) is 8.56. The zero-order valence-corrected chi connectivity index (χ0v) is 24.1. The molecule has 0 radical (unpaired) electrons. The van der Waals surface area contributed by atoms with Crippen molar-refractivity contribution in [2.45, 2.75) is 32.4 Å². The molecule has 2 atom stereocenters. The lowest BCUT2D eigenvalue weighted by Crippen LogP contribution is -2.33. The highest BCUT2D eigenvalue weighted by Crippen LogP contribution is 2.26. The first kappa shape index (κ1) is 27.7. The summed E-state index contributed by atoms with van der Waals surface area (Å²) >= 11 is 3.29. The molecule has 0 N–H and O–H groups in total. The second kappa shape index (κ2) is 12.1. The van der Waals surface area contributed by atoms with E-state index < -0.39 is 0 Å². The molecule has 1 aliphatic heterocycles. The fourth-order valence-electron chi connectivity index (χ4n) is 5.22. The second-order valence-corrected chi connectivity index (χ2v) is 11.2. The van der Waals surface area contributed by atoms with Gasteiger partial charge < -0.3 is 9.80 Å². The Kier molecular flexibility index (Phi) is 8.40. The van der Waals surface area contributed by atoms with Gasteiger partial charge in [0.2, 0.25) is 0 Å². The molecule has 5 rings (SSSR count). The first-order chi connectivity index (χ1) is 19.3. The van der Waals surface area contributed by atoms with E-state index in [1.54, 1.807) is 47.0 Å². The van der Waals surface area contributed by atoms with Crippen LogP contribution in [0.3, 0.4) is 0 Å². The maximum absolute atomic E-state index is 14.4. The van der Waals surface area contributed by atoms with Crippen molar-refractivity contribution in [3.63, 3.8) is 0 Å². The fourth-order valence-corrected chi connectivity index (χ4v) is 5.55. The number of carbonyl (C=O) groups is 2. The van der Waals surface area contributed by atoms with Crippen molar-refractivity contribution in [1.29, 1.82) is 0 Å². The van der Waals surface area contributed by atoms with Crippen LogP contribution in [0.4, 0.5) is 4.39 Å². The van der Waals surface area contributed by atoms with Gasteiger partial charge in [-0.05, 0) is 55.5 Å². The van der Waals surface area contributed by atoms with E-state index in [0.29, 0.717) is 47.2 Å². The quantitative estimate of drug-likeness (QED) is 0.256. The summed E-state index contributed by atoms with van der Waals surface area (Å²) in [4.78, 5) is 30.3. The minimum atomic E-state index is -0.301. The normalized spacial score (nSPS) is 15.7. The van der Waals surface area contributed by atoms with Gasteiger partial charge in [-0.25, -0.2) is 9.07 Å². The van der Waals surface area contributed by atoms with E-state index in [1.807, 2.05) is 54.4 Å². The summed E-state index contributed by atoms with van der Waals surface area (Å²) in [6, 6.07) is 21.5. The van der Waals surface area contributed by atoms with Crippen molar-refractivity contribution in [3.05, 3.63) is 117 Å². The third-order valence-corrected chi connectivity index (χ3v) is 7.93. The summed E-state index contributed by atoms with van der Waals surface area (Å²) in [5.41, 5.74) is 3.20. The number of likely N-dealkylation sites (tertiary alicyclic amines) is 1. The highest BCUT2D eigenvalue weighted by Gasteiger charge is 2.30. The van der Waals surface area contributed by atoms with Crippen LogP contribution < -0.4 is 0 Å². The topological polar surface area (TPSA) is 71.3 Å². The van der Waals surface area contributed by atoms with E-state index in [9.17, 15) is 14.0 Å². The number of halogens is 2. The molecule has 2 amide bonds. The number of carbonyl (C=O) groups excluding carboxylic acids is 2. The van der Waals surface area contributed by atoms with Gasteiger partial charge in [-0.15, -0.1) is 5.10 Å². The standard InChI is InChI=1S/C31H31BrFN5O2/c1-21(26-13-12-24(32)17-29(26)33)38-20-25(34-35-38)16-23-14-15-37(19-23)31(40)28-11-7-6-10-27(28)30(39)36(2)18-22-8-4-3-5-9-22/h3-13,17,20-21,23H,14-16,18-19H2,1-2H3/t21-,23?/m0/s1. The Morgan fingerprint density at radius 2 is 1.80 bits per heavy atom. The molecular weight excluding hydrogens is 573 g/mol. The molecule has 7 nitrogen and oxygen atoms in total. The van der Waals surface area contributed by atoms with E-state index in [4.69, 9.17) is 0 Å². The predicted molar refractivity (Wildman–Crippen MR) is 154 cm³/mol. The van der Waals surface area contributed by atoms with E-state index in [1.165, 1.54) is 6.07 Å². The summed E-state index contributed by atoms with van der Waals surface area (Å²) < 4.78 is 16.8. The Morgan fingerprint density at radius 3 is 2.55 bits per heavy atom. The van der Waals surface area contributed by atoms with Crippen molar-refractivity contribution in [2.24, 2.45) is 5.92 Å². The molecule has 3 aromatic carbocycles. The highest BCUT2D eigenvalue weighted by molar-refractivity contribution is 9.10. The number of amides is 2. The highest BCUT2D eigenvalue weighted by atomic mass is 79.9. The van der Waals surface area contributed by atoms with Crippen molar-refractivity contribution in [1.82, 2.24) is 24.8 Å². The second-order valence-electron chi connectivity index (χ2n) is 10.3. The van der Waals surface area contributed by atoms with Crippen molar-refractivity contribution >= 4 is 27.7 Å². The van der Waals surface area contributed by atoms with Crippen LogP contribution in [0.15, 0.2) is 83.5 Å². The largest absolute Gasteiger partial charge is 0.338 e. The molecule has 1 fully saturated rings. The average molecular weight is 605 g/mol. The fraction of sp³-hybridized carbons (Fsp3) is 0.290. The zero-order chi connectivity index (χ0) is 28.2. The van der Waals surface area contributed by atoms with Crippen molar-refractivity contribution in [3.8, 4) is 0 Å². The molecule has 2 heterocycles. The van der Waals surface area contributed by atoms with Crippen LogP contribution in [0.2, 0.25) is 0 Å². The summed E-state index contributed by atoms with van der Waals surface area (Å²) in [5.74, 6) is -0.398. The lowest BCUT2D eigenvalue weighted by Gasteiger charge is -2.21. The number of nitrogens with zero attached hydrogens (tertiary/aromatic N) is 5. The van der Waals surface area contributed by atoms with Crippen LogP contribution in [-0.4, -0.2) is 56.7 Å². The molecule has 40 heavy (non-hydrogen) atoms. The molecule has 1 aromatic heterocycles. The number of hydrogen-bond acceptors (Lipinski definition) is 4. The molecule has 4 aromatic rings. The number of hydrogen-bond donors (Lipinski definition) is 0. The smallest absolute Gasteiger partial charge is 0.254 e. The van der Waals surface area contributed by atoms with Crippen LogP contribution in [0, 0.1) is 11.7 Å². The van der Waals surface area contributed by atoms with Gasteiger partial charge in [-0.1, -0.05) is 69.7 Å². The molecule has 206 valence electrons. The Morgan fingerprint density at radius 1 is 1.07 bits per heavy atom. The maximum atomic E-state index is 14.4. The predicted octanol–water partition coefficient (Wildman–Crippen LogP) is 5.77. The van der Waals surface area contributed by atoms with Crippen LogP contribution in [-0.2, 0) is 13.0 Å². The van der Waals surface area contributed by atoms with Crippen LogP contribution in [0.25, 0.3) is 0 Å². The lowest BCUT2D eigenvalue weighted by molar-refractivity contribution is 0.0747. The molecule has 0 bridgehead atoms. The third-order valence-electron chi connectivity index (χ3n) is 7.44. The Bertz CT molecular complexity index is 1510. The van der Waals surface area contributed by atoms with Gasteiger partial charge in [0.1, 0.15) is 5.82 Å². The molecule has 1 aliphatic rings. The summed E-state index contributed by atoms with van der Waals surface area (Å²) in [6.45, 7) is 3.53. The summed E-state index contributed by atoms with van der Waals surface area (Å²) in [6.07, 6.45) is 3.35. The Labute approximate surface area is 241 Å². The average Bonchev–Trinajstić information content (AvgIpc) is 3.63. The van der Waals surface area contributed by atoms with Gasteiger partial charge in [0.05, 0.1) is 22.9 Å². The molecule has 0 saturated carbocycles. The first-order valence-electron chi connectivity index (χ1n) is 13.3. The van der Waals surface area contributed by atoms with Gasteiger partial charge in [0.15, 0.2) is 0 Å². The number of aromatic nitrogens is 3. The van der Waals surface area contributed by atoms with Gasteiger partial charge in [0, 0.05) is 42.9 Å². The van der Waals surface area contributed by atoms with E-state index in [-0.39, 0.29) is 29.6 Å². The lowest BCUT2D eigenvalue weighted by atomic mass is 10.0. The van der Waals surface area contributed by atoms with Crippen molar-refractivity contribution in [2.75, 3.05) is 20.1 Å². The molecular formula is C31H31BrFN5O2. The SMILES string of the molecule is C[C@@H](c1ccc(Br)cc1F)n1cc(CC2CCN(C(=O)c3ccccc3C(=O)N(C)Cc3ccccc3)C2)nn1.